The first-order valence-corrected chi connectivity index (χ1v) is 8.90. The fourth-order valence-electron chi connectivity index (χ4n) is 3.83. The second kappa shape index (κ2) is 6.61. The van der Waals surface area contributed by atoms with Gasteiger partial charge in [0.2, 0.25) is 5.43 Å². The molecule has 6 nitrogen and oxygen atoms in total. The molecule has 0 spiro atoms. The zero-order valence-corrected chi connectivity index (χ0v) is 14.5. The Morgan fingerprint density at radius 1 is 1.32 bits per heavy atom. The van der Waals surface area contributed by atoms with Gasteiger partial charge in [-0.25, -0.2) is 0 Å². The fraction of sp³-hybridized carbons (Fsp3) is 0.474. The molecule has 1 fully saturated rings. The first-order valence-electron chi connectivity index (χ1n) is 8.90. The van der Waals surface area contributed by atoms with Crippen molar-refractivity contribution < 1.29 is 9.53 Å². The van der Waals surface area contributed by atoms with Crippen molar-refractivity contribution in [3.05, 3.63) is 45.7 Å². The topological polar surface area (TPSA) is 63.6 Å². The Bertz CT molecular complexity index is 868. The van der Waals surface area contributed by atoms with Crippen LogP contribution in [0.4, 0.5) is 0 Å². The van der Waals surface area contributed by atoms with E-state index < -0.39 is 0 Å². The number of hydrogen-bond acceptors (Lipinski definition) is 4. The van der Waals surface area contributed by atoms with Crippen LogP contribution in [0.5, 0.6) is 0 Å². The molecule has 3 heterocycles. The van der Waals surface area contributed by atoms with Gasteiger partial charge in [-0.2, -0.15) is 0 Å². The van der Waals surface area contributed by atoms with E-state index in [0.717, 1.165) is 44.8 Å². The monoisotopic (exact) mass is 341 g/mol. The lowest BCUT2D eigenvalue weighted by Crippen LogP contribution is -2.42. The van der Waals surface area contributed by atoms with E-state index in [1.54, 1.807) is 6.20 Å². The number of benzene rings is 1. The van der Waals surface area contributed by atoms with Crippen molar-refractivity contribution in [3.63, 3.8) is 0 Å². The summed E-state index contributed by atoms with van der Waals surface area (Å²) in [5.74, 6) is -0.284. The Morgan fingerprint density at radius 3 is 2.92 bits per heavy atom. The van der Waals surface area contributed by atoms with Crippen LogP contribution < -0.4 is 10.7 Å². The van der Waals surface area contributed by atoms with E-state index in [1.165, 1.54) is 5.56 Å². The second-order valence-corrected chi connectivity index (χ2v) is 6.86. The molecule has 1 amide bonds. The van der Waals surface area contributed by atoms with E-state index >= 15 is 0 Å². The van der Waals surface area contributed by atoms with Crippen LogP contribution in [0.15, 0.2) is 29.2 Å². The largest absolute Gasteiger partial charge is 0.379 e. The molecule has 1 atom stereocenters. The average molecular weight is 341 g/mol. The third-order valence-electron chi connectivity index (χ3n) is 5.19. The summed E-state index contributed by atoms with van der Waals surface area (Å²) in [5.41, 5.74) is 2.22. The predicted molar refractivity (Wildman–Crippen MR) is 96.2 cm³/mol. The van der Waals surface area contributed by atoms with Gasteiger partial charge in [-0.1, -0.05) is 12.1 Å². The van der Waals surface area contributed by atoms with Crippen LogP contribution in [0.1, 0.15) is 28.9 Å². The number of hydrogen-bond donors (Lipinski definition) is 1. The zero-order chi connectivity index (χ0) is 17.4. The lowest BCUT2D eigenvalue weighted by molar-refractivity contribution is 0.0383. The lowest BCUT2D eigenvalue weighted by atomic mass is 10.1. The summed E-state index contributed by atoms with van der Waals surface area (Å²) in [4.78, 5) is 27.6. The van der Waals surface area contributed by atoms with Crippen LogP contribution in [0, 0.1) is 0 Å². The van der Waals surface area contributed by atoms with Gasteiger partial charge in [-0.05, 0) is 25.0 Å². The van der Waals surface area contributed by atoms with E-state index in [1.807, 2.05) is 12.1 Å². The van der Waals surface area contributed by atoms with Crippen LogP contribution >= 0.6 is 0 Å². The van der Waals surface area contributed by atoms with Gasteiger partial charge < -0.3 is 14.6 Å². The molecule has 0 radical (unpaired) electrons. The molecule has 6 heteroatoms. The summed E-state index contributed by atoms with van der Waals surface area (Å²) >= 11 is 0. The number of rotatable bonds is 4. The van der Waals surface area contributed by atoms with E-state index in [2.05, 4.69) is 27.8 Å². The molecule has 2 aliphatic heterocycles. The number of ether oxygens (including phenoxy) is 1. The summed E-state index contributed by atoms with van der Waals surface area (Å²) in [6.45, 7) is 6.68. The highest BCUT2D eigenvalue weighted by molar-refractivity contribution is 5.98. The lowest BCUT2D eigenvalue weighted by Gasteiger charge is -2.26. The molecule has 1 aromatic carbocycles. The minimum atomic E-state index is -0.284. The SMILES string of the molecule is C[C@H]1Cc2cccc3c(=O)c(C(=O)NCCN4CCOCC4)cn1c23. The Hall–Kier alpha value is -2.18. The van der Waals surface area contributed by atoms with Gasteiger partial charge in [0.15, 0.2) is 0 Å². The average Bonchev–Trinajstić information content (AvgIpc) is 2.95. The molecule has 0 saturated carbocycles. The van der Waals surface area contributed by atoms with Gasteiger partial charge in [0.25, 0.3) is 5.91 Å². The zero-order valence-electron chi connectivity index (χ0n) is 14.5. The Kier molecular flexibility index (Phi) is 4.31. The van der Waals surface area contributed by atoms with Gasteiger partial charge in [0.05, 0.1) is 18.7 Å². The predicted octanol–water partition coefficient (Wildman–Crippen LogP) is 1.18. The maximum absolute atomic E-state index is 12.8. The number of nitrogens with one attached hydrogen (secondary N) is 1. The number of aromatic nitrogens is 1. The molecule has 132 valence electrons. The first kappa shape index (κ1) is 16.3. The number of para-hydroxylation sites is 1. The number of amides is 1. The van der Waals surface area contributed by atoms with Gasteiger partial charge in [-0.15, -0.1) is 0 Å². The first-order chi connectivity index (χ1) is 12.1. The van der Waals surface area contributed by atoms with Crippen molar-refractivity contribution in [1.82, 2.24) is 14.8 Å². The van der Waals surface area contributed by atoms with Crippen LogP contribution in [0.3, 0.4) is 0 Å². The third kappa shape index (κ3) is 2.96. The third-order valence-corrected chi connectivity index (χ3v) is 5.19. The van der Waals surface area contributed by atoms with Crippen molar-refractivity contribution in [2.24, 2.45) is 0 Å². The summed E-state index contributed by atoms with van der Waals surface area (Å²) in [6, 6.07) is 6.05. The quantitative estimate of drug-likeness (QED) is 0.907. The van der Waals surface area contributed by atoms with E-state index in [9.17, 15) is 9.59 Å². The van der Waals surface area contributed by atoms with Crippen LogP contribution in [0.25, 0.3) is 10.9 Å². The summed E-state index contributed by atoms with van der Waals surface area (Å²) in [5, 5.41) is 3.54. The van der Waals surface area contributed by atoms with E-state index in [4.69, 9.17) is 4.74 Å². The maximum atomic E-state index is 12.8. The maximum Gasteiger partial charge on any atom is 0.256 e. The Labute approximate surface area is 146 Å². The molecule has 1 saturated heterocycles. The molecular formula is C19H23N3O3. The normalized spacial score (nSPS) is 20.1. The second-order valence-electron chi connectivity index (χ2n) is 6.86. The number of nitrogens with zero attached hydrogens (tertiary/aromatic N) is 2. The molecule has 25 heavy (non-hydrogen) atoms. The van der Waals surface area contributed by atoms with Crippen molar-refractivity contribution in [3.8, 4) is 0 Å². The highest BCUT2D eigenvalue weighted by Gasteiger charge is 2.24. The minimum absolute atomic E-state index is 0.175. The molecule has 0 aliphatic carbocycles. The Balaban J connectivity index is 1.54. The van der Waals surface area contributed by atoms with Crippen molar-refractivity contribution in [1.29, 1.82) is 0 Å². The molecule has 1 N–H and O–H groups in total. The van der Waals surface area contributed by atoms with Gasteiger partial charge >= 0.3 is 0 Å². The number of carbonyl (C=O) groups is 1. The molecule has 0 unspecified atom stereocenters. The highest BCUT2D eigenvalue weighted by Crippen LogP contribution is 2.30. The number of carbonyl (C=O) groups excluding carboxylic acids is 1. The van der Waals surface area contributed by atoms with E-state index in [0.29, 0.717) is 11.9 Å². The van der Waals surface area contributed by atoms with Crippen molar-refractivity contribution in [2.45, 2.75) is 19.4 Å². The molecule has 2 aliphatic rings. The summed E-state index contributed by atoms with van der Waals surface area (Å²) in [6.07, 6.45) is 2.63. The van der Waals surface area contributed by atoms with Gasteiger partial charge in [0, 0.05) is 43.8 Å². The van der Waals surface area contributed by atoms with Crippen molar-refractivity contribution in [2.75, 3.05) is 39.4 Å². The van der Waals surface area contributed by atoms with Crippen molar-refractivity contribution >= 4 is 16.8 Å². The van der Waals surface area contributed by atoms with Crippen LogP contribution in [0.2, 0.25) is 0 Å². The molecule has 1 aromatic heterocycles. The smallest absolute Gasteiger partial charge is 0.256 e. The fourth-order valence-corrected chi connectivity index (χ4v) is 3.83. The summed E-state index contributed by atoms with van der Waals surface area (Å²) < 4.78 is 7.39. The molecule has 0 bridgehead atoms. The molecule has 4 rings (SSSR count). The van der Waals surface area contributed by atoms with Gasteiger partial charge in [-0.3, -0.25) is 14.5 Å². The minimum Gasteiger partial charge on any atom is -0.379 e. The summed E-state index contributed by atoms with van der Waals surface area (Å²) in [7, 11) is 0. The van der Waals surface area contributed by atoms with E-state index in [-0.39, 0.29) is 22.9 Å². The Morgan fingerprint density at radius 2 is 2.12 bits per heavy atom. The van der Waals surface area contributed by atoms with Crippen LogP contribution in [-0.4, -0.2) is 54.8 Å². The van der Waals surface area contributed by atoms with Crippen LogP contribution in [-0.2, 0) is 11.2 Å². The highest BCUT2D eigenvalue weighted by atomic mass is 16.5. The van der Waals surface area contributed by atoms with Gasteiger partial charge in [0.1, 0.15) is 5.56 Å². The number of morpholine rings is 1. The molecule has 2 aromatic rings. The molecular weight excluding hydrogens is 318 g/mol. The standard InChI is InChI=1S/C19H23N3O3/c1-13-11-14-3-2-4-15-17(14)22(13)12-16(18(15)23)19(24)20-5-6-21-7-9-25-10-8-21/h2-4,12-13H,5-11H2,1H3,(H,20,24)/t13-/m0/s1. The number of pyridine rings is 1.